The van der Waals surface area contributed by atoms with Crippen molar-refractivity contribution < 1.29 is 8.42 Å². The number of sulfone groups is 1. The molecule has 0 aliphatic carbocycles. The van der Waals surface area contributed by atoms with Crippen molar-refractivity contribution in [1.82, 2.24) is 9.88 Å². The predicted octanol–water partition coefficient (Wildman–Crippen LogP) is 1.97. The van der Waals surface area contributed by atoms with Gasteiger partial charge in [-0.25, -0.2) is 8.42 Å². The highest BCUT2D eigenvalue weighted by molar-refractivity contribution is 7.91. The van der Waals surface area contributed by atoms with E-state index in [1.165, 1.54) is 0 Å². The minimum Gasteiger partial charge on any atom is -0.361 e. The molecule has 0 N–H and O–H groups in total. The number of aliphatic imine (C=N–C) groups is 1. The monoisotopic (exact) mass is 305 g/mol. The molecule has 0 saturated heterocycles. The van der Waals surface area contributed by atoms with Crippen molar-refractivity contribution in [2.75, 3.05) is 26.9 Å². The van der Waals surface area contributed by atoms with Gasteiger partial charge in [-0.2, -0.15) is 0 Å². The average Bonchev–Trinajstić information content (AvgIpc) is 2.47. The molecule has 0 aliphatic rings. The molecule has 1 aromatic carbocycles. The highest BCUT2D eigenvalue weighted by Gasteiger charge is 2.24. The smallest absolute Gasteiger partial charge is 0.181 e. The Morgan fingerprint density at radius 2 is 1.95 bits per heavy atom. The Labute approximate surface area is 125 Å². The van der Waals surface area contributed by atoms with Gasteiger partial charge in [0.05, 0.1) is 5.75 Å². The lowest BCUT2D eigenvalue weighted by molar-refractivity contribution is 0.595. The average molecular weight is 305 g/mol. The molecular formula is C15H19N3O2S. The summed E-state index contributed by atoms with van der Waals surface area (Å²) in [5.41, 5.74) is 0.406. The lowest BCUT2D eigenvalue weighted by Crippen LogP contribution is -2.26. The summed E-state index contributed by atoms with van der Waals surface area (Å²) in [5.74, 6) is 0.577. The highest BCUT2D eigenvalue weighted by atomic mass is 32.2. The van der Waals surface area contributed by atoms with Crippen LogP contribution in [-0.4, -0.2) is 51.0 Å². The van der Waals surface area contributed by atoms with Gasteiger partial charge < -0.3 is 4.90 Å². The number of benzene rings is 1. The van der Waals surface area contributed by atoms with Gasteiger partial charge >= 0.3 is 0 Å². The fourth-order valence-electron chi connectivity index (χ4n) is 2.27. The molecule has 0 amide bonds. The molecule has 0 bridgehead atoms. The van der Waals surface area contributed by atoms with Crippen molar-refractivity contribution in [3.8, 4) is 0 Å². The molecule has 6 heteroatoms. The summed E-state index contributed by atoms with van der Waals surface area (Å²) in [4.78, 5) is 10.6. The van der Waals surface area contributed by atoms with Crippen LogP contribution in [0.4, 0.5) is 0 Å². The molecule has 0 aliphatic heterocycles. The molecule has 2 rings (SSSR count). The topological polar surface area (TPSA) is 62.6 Å². The number of hydrogen-bond donors (Lipinski definition) is 0. The lowest BCUT2D eigenvalue weighted by Gasteiger charge is -2.18. The Balaban J connectivity index is 2.93. The molecule has 0 atom stereocenters. The Morgan fingerprint density at radius 3 is 2.52 bits per heavy atom. The summed E-state index contributed by atoms with van der Waals surface area (Å²) in [6.45, 7) is 1.64. The molecule has 2 aromatic rings. The third-order valence-electron chi connectivity index (χ3n) is 3.29. The van der Waals surface area contributed by atoms with E-state index in [0.29, 0.717) is 16.9 Å². The van der Waals surface area contributed by atoms with Crippen molar-refractivity contribution in [2.45, 2.75) is 11.8 Å². The van der Waals surface area contributed by atoms with Crippen LogP contribution in [0.2, 0.25) is 0 Å². The van der Waals surface area contributed by atoms with Crippen LogP contribution in [0.5, 0.6) is 0 Å². The fourth-order valence-corrected chi connectivity index (χ4v) is 3.52. The molecule has 0 fully saturated rings. The van der Waals surface area contributed by atoms with Crippen LogP contribution in [0.3, 0.4) is 0 Å². The second kappa shape index (κ2) is 5.81. The van der Waals surface area contributed by atoms with Crippen molar-refractivity contribution in [1.29, 1.82) is 0 Å². The van der Waals surface area contributed by atoms with Gasteiger partial charge in [0.15, 0.2) is 9.84 Å². The minimum atomic E-state index is -3.41. The van der Waals surface area contributed by atoms with Crippen LogP contribution in [0.15, 0.2) is 40.4 Å². The Morgan fingerprint density at radius 1 is 1.29 bits per heavy atom. The maximum Gasteiger partial charge on any atom is 0.181 e. The van der Waals surface area contributed by atoms with Gasteiger partial charge in [-0.3, -0.25) is 9.98 Å². The fraction of sp³-hybridized carbons (Fsp3) is 0.333. The molecule has 0 unspecified atom stereocenters. The van der Waals surface area contributed by atoms with Crippen molar-refractivity contribution >= 4 is 26.4 Å². The van der Waals surface area contributed by atoms with Crippen LogP contribution in [0.25, 0.3) is 10.8 Å². The van der Waals surface area contributed by atoms with E-state index >= 15 is 0 Å². The maximum atomic E-state index is 12.6. The van der Waals surface area contributed by atoms with Crippen LogP contribution >= 0.6 is 0 Å². The largest absolute Gasteiger partial charge is 0.361 e. The first-order chi connectivity index (χ1) is 9.92. The quantitative estimate of drug-likeness (QED) is 0.642. The van der Waals surface area contributed by atoms with Gasteiger partial charge in [0.2, 0.25) is 0 Å². The number of hydrogen-bond acceptors (Lipinski definition) is 4. The second-order valence-corrected chi connectivity index (χ2v) is 7.08. The molecule has 5 nitrogen and oxygen atoms in total. The Kier molecular flexibility index (Phi) is 4.27. The number of amidine groups is 1. The summed E-state index contributed by atoms with van der Waals surface area (Å²) in [5, 5.41) is 1.50. The minimum absolute atomic E-state index is 0.0279. The molecular weight excluding hydrogens is 286 g/mol. The van der Waals surface area contributed by atoms with E-state index in [2.05, 4.69) is 9.98 Å². The molecule has 0 spiro atoms. The van der Waals surface area contributed by atoms with Gasteiger partial charge in [-0.15, -0.1) is 0 Å². The Bertz CT molecular complexity index is 796. The summed E-state index contributed by atoms with van der Waals surface area (Å²) < 4.78 is 25.1. The molecule has 21 heavy (non-hydrogen) atoms. The number of rotatable bonds is 3. The van der Waals surface area contributed by atoms with E-state index in [9.17, 15) is 8.42 Å². The van der Waals surface area contributed by atoms with Crippen molar-refractivity contribution in [3.05, 3.63) is 36.2 Å². The standard InChI is InChI=1S/C15H19N3O2S/c1-5-21(19,20)14-12-9-7-6-8-11(12)10-17-13(14)15(16-2)18(3)4/h6-10H,5H2,1-4H3/b16-15-. The summed E-state index contributed by atoms with van der Waals surface area (Å²) in [6.07, 6.45) is 1.69. The highest BCUT2D eigenvalue weighted by Crippen LogP contribution is 2.27. The van der Waals surface area contributed by atoms with Gasteiger partial charge in [0, 0.05) is 38.1 Å². The zero-order valence-corrected chi connectivity index (χ0v) is 13.5. The normalized spacial score (nSPS) is 12.7. The van der Waals surface area contributed by atoms with Crippen molar-refractivity contribution in [3.63, 3.8) is 0 Å². The first kappa shape index (κ1) is 15.4. The maximum absolute atomic E-state index is 12.6. The van der Waals surface area contributed by atoms with E-state index in [1.807, 2.05) is 38.4 Å². The molecule has 112 valence electrons. The number of fused-ring (bicyclic) bond motifs is 1. The molecule has 1 aromatic heterocycles. The van der Waals surface area contributed by atoms with E-state index in [0.717, 1.165) is 5.39 Å². The first-order valence-electron chi connectivity index (χ1n) is 6.67. The zero-order valence-electron chi connectivity index (χ0n) is 12.7. The number of nitrogens with zero attached hydrogens (tertiary/aromatic N) is 3. The Hall–Kier alpha value is -1.95. The van der Waals surface area contributed by atoms with Gasteiger partial charge in [-0.1, -0.05) is 31.2 Å². The van der Waals surface area contributed by atoms with Crippen LogP contribution in [-0.2, 0) is 9.84 Å². The lowest BCUT2D eigenvalue weighted by atomic mass is 10.1. The van der Waals surface area contributed by atoms with Crippen molar-refractivity contribution in [2.24, 2.45) is 4.99 Å². The van der Waals surface area contributed by atoms with Gasteiger partial charge in [0.25, 0.3) is 0 Å². The third-order valence-corrected chi connectivity index (χ3v) is 5.09. The van der Waals surface area contributed by atoms with E-state index in [4.69, 9.17) is 0 Å². The van der Waals surface area contributed by atoms with Crippen LogP contribution in [0, 0.1) is 0 Å². The zero-order chi connectivity index (χ0) is 15.6. The van der Waals surface area contributed by atoms with Crippen LogP contribution in [0.1, 0.15) is 12.6 Å². The van der Waals surface area contributed by atoms with E-state index in [-0.39, 0.29) is 10.6 Å². The third kappa shape index (κ3) is 2.76. The van der Waals surface area contributed by atoms with E-state index in [1.54, 1.807) is 25.1 Å². The van der Waals surface area contributed by atoms with Gasteiger partial charge in [0.1, 0.15) is 16.4 Å². The molecule has 0 saturated carbocycles. The molecule has 1 heterocycles. The van der Waals surface area contributed by atoms with Crippen LogP contribution < -0.4 is 0 Å². The predicted molar refractivity (Wildman–Crippen MR) is 85.6 cm³/mol. The SMILES string of the molecule is CCS(=O)(=O)c1c(/C(=N/C)N(C)C)ncc2ccccc12. The van der Waals surface area contributed by atoms with Gasteiger partial charge in [-0.05, 0) is 0 Å². The first-order valence-corrected chi connectivity index (χ1v) is 8.32. The van der Waals surface area contributed by atoms with E-state index < -0.39 is 9.84 Å². The summed E-state index contributed by atoms with van der Waals surface area (Å²) in [6, 6.07) is 7.37. The summed E-state index contributed by atoms with van der Waals surface area (Å²) >= 11 is 0. The second-order valence-electron chi connectivity index (χ2n) is 4.87. The summed E-state index contributed by atoms with van der Waals surface area (Å²) in [7, 11) is 1.86. The molecule has 0 radical (unpaired) electrons. The number of pyridine rings is 1. The number of aromatic nitrogens is 1.